The van der Waals surface area contributed by atoms with E-state index in [-0.39, 0.29) is 6.04 Å². The Kier molecular flexibility index (Phi) is 10.0. The van der Waals surface area contributed by atoms with Gasteiger partial charge in [-0.15, -0.1) is 0 Å². The van der Waals surface area contributed by atoms with Crippen molar-refractivity contribution in [3.8, 4) is 0 Å². The number of rotatable bonds is 10. The Labute approximate surface area is 274 Å². The molecule has 3 fully saturated rings. The molecule has 0 aliphatic carbocycles. The minimum atomic E-state index is -3.54. The van der Waals surface area contributed by atoms with Crippen LogP contribution in [0.5, 0.6) is 0 Å². The minimum absolute atomic E-state index is 0.205. The van der Waals surface area contributed by atoms with E-state index < -0.39 is 10.0 Å². The van der Waals surface area contributed by atoms with Gasteiger partial charge in [0.2, 0.25) is 10.0 Å². The predicted molar refractivity (Wildman–Crippen MR) is 188 cm³/mol. The molecule has 3 aliphatic rings. The molecule has 3 aliphatic heterocycles. The fraction of sp³-hybridized carbons (Fsp3) is 0.543. The van der Waals surface area contributed by atoms with Gasteiger partial charge in [0, 0.05) is 63.9 Å². The maximum Gasteiger partial charge on any atom is 0.243 e. The van der Waals surface area contributed by atoms with E-state index in [1.54, 1.807) is 10.4 Å². The maximum absolute atomic E-state index is 13.6. The summed E-state index contributed by atoms with van der Waals surface area (Å²) in [5.41, 5.74) is 3.64. The van der Waals surface area contributed by atoms with Crippen molar-refractivity contribution in [3.05, 3.63) is 59.9 Å². The molecule has 3 aromatic rings. The van der Waals surface area contributed by atoms with Crippen molar-refractivity contribution in [3.63, 3.8) is 0 Å². The Balaban J connectivity index is 0.980. The molecule has 6 rings (SSSR count). The van der Waals surface area contributed by atoms with Crippen molar-refractivity contribution < 1.29 is 8.42 Å². The minimum Gasteiger partial charge on any atom is -0.371 e. The summed E-state index contributed by atoms with van der Waals surface area (Å²) in [5, 5.41) is 12.3. The number of aliphatic imine (C=N–C) groups is 1. The Hall–Kier alpha value is -3.41. The summed E-state index contributed by atoms with van der Waals surface area (Å²) in [6.07, 6.45) is 8.04. The van der Waals surface area contributed by atoms with E-state index in [1.807, 2.05) is 43.9 Å². The lowest BCUT2D eigenvalue weighted by atomic mass is 9.88. The highest BCUT2D eigenvalue weighted by Crippen LogP contribution is 2.33. The number of nitrogens with one attached hydrogen (secondary N) is 2. The van der Waals surface area contributed by atoms with Crippen molar-refractivity contribution in [1.82, 2.24) is 24.3 Å². The molecule has 0 radical (unpaired) electrons. The van der Waals surface area contributed by atoms with Crippen LogP contribution in [-0.4, -0.2) is 93.0 Å². The normalized spacial score (nSPS) is 20.3. The highest BCUT2D eigenvalue weighted by Gasteiger charge is 2.31. The molecule has 248 valence electrons. The van der Waals surface area contributed by atoms with Crippen LogP contribution in [0.25, 0.3) is 10.9 Å². The highest BCUT2D eigenvalue weighted by atomic mass is 32.2. The Morgan fingerprint density at radius 1 is 1.00 bits per heavy atom. The number of nitrogens with zero attached hydrogens (tertiary/aromatic N) is 6. The number of aryl methyl sites for hydroxylation is 1. The first kappa shape index (κ1) is 32.5. The molecular formula is C35H50N8O2S. The Bertz CT molecular complexity index is 1640. The van der Waals surface area contributed by atoms with Gasteiger partial charge >= 0.3 is 0 Å². The van der Waals surface area contributed by atoms with Crippen molar-refractivity contribution in [2.24, 2.45) is 18.0 Å². The van der Waals surface area contributed by atoms with Gasteiger partial charge in [0.25, 0.3) is 0 Å². The van der Waals surface area contributed by atoms with E-state index in [0.717, 1.165) is 75.7 Å². The van der Waals surface area contributed by atoms with Crippen LogP contribution in [0, 0.1) is 5.92 Å². The van der Waals surface area contributed by atoms with Crippen LogP contribution in [0.1, 0.15) is 56.9 Å². The molecule has 0 spiro atoms. The van der Waals surface area contributed by atoms with Crippen LogP contribution in [0.15, 0.2) is 64.2 Å². The molecule has 2 aromatic carbocycles. The summed E-state index contributed by atoms with van der Waals surface area (Å²) < 4.78 is 30.8. The molecule has 0 amide bonds. The largest absolute Gasteiger partial charge is 0.371 e. The fourth-order valence-electron chi connectivity index (χ4n) is 7.56. The zero-order valence-corrected chi connectivity index (χ0v) is 28.5. The van der Waals surface area contributed by atoms with Crippen LogP contribution in [0.4, 0.5) is 11.5 Å². The molecule has 11 heteroatoms. The van der Waals surface area contributed by atoms with E-state index in [9.17, 15) is 8.42 Å². The Morgan fingerprint density at radius 3 is 2.41 bits per heavy atom. The van der Waals surface area contributed by atoms with Gasteiger partial charge in [0.1, 0.15) is 5.82 Å². The fourth-order valence-corrected chi connectivity index (χ4v) is 9.07. The molecule has 2 N–H and O–H groups in total. The highest BCUT2D eigenvalue weighted by molar-refractivity contribution is 7.89. The molecule has 3 saturated heterocycles. The number of aromatic nitrogens is 2. The lowest BCUT2D eigenvalue weighted by Gasteiger charge is -2.38. The van der Waals surface area contributed by atoms with Gasteiger partial charge in [-0.3, -0.25) is 4.68 Å². The number of piperidine rings is 3. The van der Waals surface area contributed by atoms with Gasteiger partial charge in [-0.2, -0.15) is 9.40 Å². The van der Waals surface area contributed by atoms with E-state index in [4.69, 9.17) is 0 Å². The molecule has 10 nitrogen and oxygen atoms in total. The molecule has 0 saturated carbocycles. The van der Waals surface area contributed by atoms with Gasteiger partial charge in [-0.25, -0.2) is 13.4 Å². The van der Waals surface area contributed by atoms with Crippen LogP contribution >= 0.6 is 0 Å². The topological polar surface area (TPSA) is 98.1 Å². The monoisotopic (exact) mass is 646 g/mol. The van der Waals surface area contributed by atoms with E-state index in [1.165, 1.54) is 29.3 Å². The van der Waals surface area contributed by atoms with E-state index in [0.29, 0.717) is 29.8 Å². The Morgan fingerprint density at radius 2 is 1.74 bits per heavy atom. The number of allylic oxidation sites excluding steroid dienone is 1. The molecule has 0 unspecified atom stereocenters. The zero-order valence-electron chi connectivity index (χ0n) is 27.7. The number of hydrogen-bond acceptors (Lipinski definition) is 8. The quantitative estimate of drug-likeness (QED) is 0.299. The smallest absolute Gasteiger partial charge is 0.243 e. The third-order valence-corrected chi connectivity index (χ3v) is 12.3. The second-order valence-corrected chi connectivity index (χ2v) is 15.1. The number of likely N-dealkylation sites (tertiary alicyclic amines) is 1. The lowest BCUT2D eigenvalue weighted by Crippen LogP contribution is -2.44. The van der Waals surface area contributed by atoms with Gasteiger partial charge in [-0.1, -0.05) is 12.1 Å². The molecule has 4 heterocycles. The van der Waals surface area contributed by atoms with E-state index in [2.05, 4.69) is 61.5 Å². The van der Waals surface area contributed by atoms with Crippen LogP contribution in [0.2, 0.25) is 0 Å². The van der Waals surface area contributed by atoms with Crippen LogP contribution in [0.3, 0.4) is 0 Å². The van der Waals surface area contributed by atoms with Crippen molar-refractivity contribution >= 4 is 39.1 Å². The average Bonchev–Trinajstić information content (AvgIpc) is 3.42. The molecule has 0 bridgehead atoms. The van der Waals surface area contributed by atoms with Crippen LogP contribution in [-0.2, 0) is 17.1 Å². The first-order valence-corrected chi connectivity index (χ1v) is 18.3. The molecule has 46 heavy (non-hydrogen) atoms. The van der Waals surface area contributed by atoms with Gasteiger partial charge < -0.3 is 20.4 Å². The predicted octanol–water partition coefficient (Wildman–Crippen LogP) is 5.02. The van der Waals surface area contributed by atoms with Crippen molar-refractivity contribution in [1.29, 1.82) is 0 Å². The molecule has 1 aromatic heterocycles. The van der Waals surface area contributed by atoms with Crippen LogP contribution < -0.4 is 15.5 Å². The standard InChI is InChI=1S/C35H50N8O2S/c1-5-34(36-2)38-29-15-21-43(22-16-29)46(44,45)31-8-6-7-30(24-31)42-19-11-26(12-20-42)25-41-17-13-27(14-18-41)28-9-10-32-33(23-28)40(4)39-35(32)37-3/h5-10,23-24,26-27,29,38H,2,11-22,25H2,1,3-4H3,(H,37,39)/b34-5-. The van der Waals surface area contributed by atoms with Gasteiger partial charge in [0.05, 0.1) is 10.4 Å². The number of hydrogen-bond donors (Lipinski definition) is 2. The van der Waals surface area contributed by atoms with Gasteiger partial charge in [0.15, 0.2) is 5.82 Å². The summed E-state index contributed by atoms with van der Waals surface area (Å²) in [5.74, 6) is 2.97. The maximum atomic E-state index is 13.6. The zero-order chi connectivity index (χ0) is 32.3. The number of fused-ring (bicyclic) bond motifs is 1. The first-order chi connectivity index (χ1) is 22.3. The first-order valence-electron chi connectivity index (χ1n) is 16.9. The van der Waals surface area contributed by atoms with Crippen molar-refractivity contribution in [2.75, 3.05) is 63.1 Å². The van der Waals surface area contributed by atoms with E-state index >= 15 is 0 Å². The number of sulfonamides is 1. The van der Waals surface area contributed by atoms with Gasteiger partial charge in [-0.05, 0) is 119 Å². The lowest BCUT2D eigenvalue weighted by molar-refractivity contribution is 0.170. The summed E-state index contributed by atoms with van der Waals surface area (Å²) in [6, 6.07) is 14.6. The summed E-state index contributed by atoms with van der Waals surface area (Å²) >= 11 is 0. The van der Waals surface area contributed by atoms with Crippen molar-refractivity contribution in [2.45, 2.75) is 62.3 Å². The summed E-state index contributed by atoms with van der Waals surface area (Å²) in [4.78, 5) is 9.42. The molecule has 0 atom stereocenters. The number of benzene rings is 2. The molecular weight excluding hydrogens is 597 g/mol. The summed E-state index contributed by atoms with van der Waals surface area (Å²) in [7, 11) is 0.405. The summed E-state index contributed by atoms with van der Waals surface area (Å²) in [6.45, 7) is 11.9. The average molecular weight is 647 g/mol. The third kappa shape index (κ3) is 6.96. The SMILES string of the molecule is C=N/C(=C/C)NC1CCN(S(=O)(=O)c2cccc(N3CCC(CN4CCC(c5ccc6c(NC)nn(C)c6c5)CC4)CC3)c2)CC1. The third-order valence-electron chi connectivity index (χ3n) is 10.4. The second-order valence-electron chi connectivity index (χ2n) is 13.2. The second kappa shape index (κ2) is 14.1. The number of anilines is 2.